The Kier molecular flexibility index (Phi) is 8.41. The van der Waals surface area contributed by atoms with Gasteiger partial charge in [0.15, 0.2) is 0 Å². The largest absolute Gasteiger partial charge is 0.385 e. The lowest BCUT2D eigenvalue weighted by Gasteiger charge is -2.44. The molecule has 0 radical (unpaired) electrons. The Balaban J connectivity index is 1.63. The number of rotatable bonds is 9. The van der Waals surface area contributed by atoms with E-state index in [4.69, 9.17) is 10.5 Å². The Morgan fingerprint density at radius 3 is 2.59 bits per heavy atom. The van der Waals surface area contributed by atoms with Crippen LogP contribution < -0.4 is 5.73 Å². The number of likely N-dealkylation sites (tertiary alicyclic amines) is 1. The maximum absolute atomic E-state index is 13.3. The summed E-state index contributed by atoms with van der Waals surface area (Å²) in [6.45, 7) is 2.07. The van der Waals surface area contributed by atoms with E-state index in [1.165, 1.54) is 0 Å². The predicted molar refractivity (Wildman–Crippen MR) is 136 cm³/mol. The van der Waals surface area contributed by atoms with Gasteiger partial charge in [0.1, 0.15) is 0 Å². The van der Waals surface area contributed by atoms with Crippen LogP contribution >= 0.6 is 0 Å². The molecule has 4 rings (SSSR count). The summed E-state index contributed by atoms with van der Waals surface area (Å²) >= 11 is 0. The topological polar surface area (TPSA) is 75.8 Å². The zero-order valence-electron chi connectivity index (χ0n) is 20.5. The van der Waals surface area contributed by atoms with Crippen LogP contribution in [0.1, 0.15) is 56.9 Å². The minimum Gasteiger partial charge on any atom is -0.385 e. The highest BCUT2D eigenvalue weighted by molar-refractivity contribution is 5.79. The summed E-state index contributed by atoms with van der Waals surface area (Å²) in [5.74, 6) is 0.267. The van der Waals surface area contributed by atoms with E-state index < -0.39 is 5.60 Å². The molecule has 0 bridgehead atoms. The van der Waals surface area contributed by atoms with Crippen LogP contribution in [0.15, 0.2) is 54.6 Å². The fraction of sp³-hybridized carbons (Fsp3) is 0.552. The average molecular weight is 465 g/mol. The molecule has 1 saturated carbocycles. The van der Waals surface area contributed by atoms with Gasteiger partial charge in [-0.1, -0.05) is 54.6 Å². The highest BCUT2D eigenvalue weighted by Crippen LogP contribution is 2.44. The third kappa shape index (κ3) is 5.54. The average Bonchev–Trinajstić information content (AvgIpc) is 3.33. The van der Waals surface area contributed by atoms with Crippen molar-refractivity contribution in [2.45, 2.75) is 63.0 Å². The molecule has 184 valence electrons. The third-order valence-corrected chi connectivity index (χ3v) is 7.87. The van der Waals surface area contributed by atoms with Crippen molar-refractivity contribution in [3.63, 3.8) is 0 Å². The minimum absolute atomic E-state index is 0.00677. The second kappa shape index (κ2) is 11.5. The fourth-order valence-electron chi connectivity index (χ4n) is 6.00. The Hall–Kier alpha value is -2.21. The van der Waals surface area contributed by atoms with Gasteiger partial charge in [-0.05, 0) is 68.1 Å². The van der Waals surface area contributed by atoms with Crippen molar-refractivity contribution in [2.75, 3.05) is 26.8 Å². The zero-order valence-corrected chi connectivity index (χ0v) is 20.5. The molecule has 2 aromatic carbocycles. The number of unbranched alkanes of at least 4 members (excludes halogenated alkanes) is 1. The minimum atomic E-state index is -1.01. The van der Waals surface area contributed by atoms with E-state index >= 15 is 0 Å². The molecule has 2 fully saturated rings. The number of benzene rings is 2. The van der Waals surface area contributed by atoms with Crippen molar-refractivity contribution in [1.29, 1.82) is 0 Å². The Morgan fingerprint density at radius 1 is 1.09 bits per heavy atom. The number of carbonyl (C=O) groups is 1. The summed E-state index contributed by atoms with van der Waals surface area (Å²) in [7, 11) is 1.72. The van der Waals surface area contributed by atoms with Crippen molar-refractivity contribution in [1.82, 2.24) is 4.90 Å². The number of nitrogens with zero attached hydrogens (tertiary/aromatic N) is 1. The van der Waals surface area contributed by atoms with Crippen molar-refractivity contribution in [2.24, 2.45) is 17.6 Å². The van der Waals surface area contributed by atoms with Gasteiger partial charge in [0, 0.05) is 44.7 Å². The Labute approximate surface area is 204 Å². The molecular weight excluding hydrogens is 424 g/mol. The van der Waals surface area contributed by atoms with Crippen LogP contribution in [0, 0.1) is 11.8 Å². The summed E-state index contributed by atoms with van der Waals surface area (Å²) < 4.78 is 5.27. The number of carbonyl (C=O) groups excluding carboxylic acids is 1. The highest BCUT2D eigenvalue weighted by atomic mass is 16.5. The summed E-state index contributed by atoms with van der Waals surface area (Å²) in [5, 5.41) is 12.5. The van der Waals surface area contributed by atoms with E-state index in [9.17, 15) is 9.90 Å². The lowest BCUT2D eigenvalue weighted by Crippen LogP contribution is -2.49. The molecule has 0 aromatic heterocycles. The first kappa shape index (κ1) is 24.9. The first-order valence-electron chi connectivity index (χ1n) is 12.9. The highest BCUT2D eigenvalue weighted by Gasteiger charge is 2.43. The fourth-order valence-corrected chi connectivity index (χ4v) is 6.00. The summed E-state index contributed by atoms with van der Waals surface area (Å²) in [4.78, 5) is 15.3. The predicted octanol–water partition coefficient (Wildman–Crippen LogP) is 4.72. The van der Waals surface area contributed by atoms with Crippen LogP contribution in [-0.2, 0) is 15.1 Å². The molecule has 3 N–H and O–H groups in total. The molecule has 1 saturated heterocycles. The molecule has 1 amide bonds. The Morgan fingerprint density at radius 2 is 1.85 bits per heavy atom. The molecule has 1 aliphatic heterocycles. The van der Waals surface area contributed by atoms with Gasteiger partial charge in [0.05, 0.1) is 5.60 Å². The van der Waals surface area contributed by atoms with Gasteiger partial charge < -0.3 is 20.5 Å². The Bertz CT molecular complexity index is 934. The maximum Gasteiger partial charge on any atom is 0.225 e. The molecule has 1 heterocycles. The van der Waals surface area contributed by atoms with E-state index in [2.05, 4.69) is 24.3 Å². The molecule has 5 heteroatoms. The van der Waals surface area contributed by atoms with Crippen LogP contribution in [0.2, 0.25) is 0 Å². The molecule has 4 atom stereocenters. The molecular formula is C29H40N2O3. The summed E-state index contributed by atoms with van der Waals surface area (Å²) in [6.07, 6.45) is 6.87. The number of hydrogen-bond acceptors (Lipinski definition) is 4. The van der Waals surface area contributed by atoms with Gasteiger partial charge in [0.25, 0.3) is 0 Å². The van der Waals surface area contributed by atoms with Gasteiger partial charge in [-0.2, -0.15) is 0 Å². The zero-order chi connectivity index (χ0) is 24.0. The molecule has 5 nitrogen and oxygen atoms in total. The second-order valence-electron chi connectivity index (χ2n) is 10.2. The van der Waals surface area contributed by atoms with E-state index in [0.717, 1.165) is 68.2 Å². The SMILES string of the molecule is COCCCC[C@](O)(c1ccccc1-c1ccccc1)C1CCCN(C(=O)[C@@H]2CC[C@H](N)C2)C1. The smallest absolute Gasteiger partial charge is 0.225 e. The summed E-state index contributed by atoms with van der Waals surface area (Å²) in [6, 6.07) is 18.7. The molecule has 0 spiro atoms. The molecule has 1 aliphatic carbocycles. The standard InChI is InChI=1S/C29H40N2O3/c1-34-19-8-7-17-29(33,27-14-6-5-13-26(27)22-10-3-2-4-11-22)24-12-9-18-31(21-24)28(32)23-15-16-25(30)20-23/h2-6,10-11,13-14,23-25,33H,7-9,12,15-21,30H2,1H3/t23-,24?,25+,29-/m1/s1. The number of methoxy groups -OCH3 is 1. The molecule has 1 unspecified atom stereocenters. The van der Waals surface area contributed by atoms with Gasteiger partial charge >= 0.3 is 0 Å². The normalized spacial score (nSPS) is 24.7. The van der Waals surface area contributed by atoms with E-state index in [-0.39, 0.29) is 23.8 Å². The summed E-state index contributed by atoms with van der Waals surface area (Å²) in [5.41, 5.74) is 8.24. The quantitative estimate of drug-likeness (QED) is 0.527. The van der Waals surface area contributed by atoms with Crippen molar-refractivity contribution >= 4 is 5.91 Å². The number of ether oxygens (including phenoxy) is 1. The number of aliphatic hydroxyl groups is 1. The van der Waals surface area contributed by atoms with Gasteiger partial charge in [-0.15, -0.1) is 0 Å². The number of piperidine rings is 1. The van der Waals surface area contributed by atoms with E-state index in [0.29, 0.717) is 19.6 Å². The first-order valence-corrected chi connectivity index (χ1v) is 12.9. The number of amides is 1. The molecule has 2 aliphatic rings. The number of nitrogens with two attached hydrogens (primary N) is 1. The van der Waals surface area contributed by atoms with Crippen molar-refractivity contribution in [3.8, 4) is 11.1 Å². The van der Waals surface area contributed by atoms with E-state index in [1.54, 1.807) is 7.11 Å². The van der Waals surface area contributed by atoms with Crippen LogP contribution in [0.25, 0.3) is 11.1 Å². The lowest BCUT2D eigenvalue weighted by molar-refractivity contribution is -0.140. The van der Waals surface area contributed by atoms with Crippen LogP contribution in [0.4, 0.5) is 0 Å². The maximum atomic E-state index is 13.3. The van der Waals surface area contributed by atoms with E-state index in [1.807, 2.05) is 35.2 Å². The first-order chi connectivity index (χ1) is 16.5. The van der Waals surface area contributed by atoms with Crippen LogP contribution in [-0.4, -0.2) is 48.8 Å². The molecule has 2 aromatic rings. The number of hydrogen-bond donors (Lipinski definition) is 2. The lowest BCUT2D eigenvalue weighted by atomic mass is 9.72. The second-order valence-corrected chi connectivity index (χ2v) is 10.2. The monoisotopic (exact) mass is 464 g/mol. The van der Waals surface area contributed by atoms with Crippen LogP contribution in [0.3, 0.4) is 0 Å². The van der Waals surface area contributed by atoms with Crippen LogP contribution in [0.5, 0.6) is 0 Å². The molecule has 34 heavy (non-hydrogen) atoms. The van der Waals surface area contributed by atoms with Crippen molar-refractivity contribution in [3.05, 3.63) is 60.2 Å². The van der Waals surface area contributed by atoms with Gasteiger partial charge in [-0.25, -0.2) is 0 Å². The van der Waals surface area contributed by atoms with Gasteiger partial charge in [0.2, 0.25) is 5.91 Å². The van der Waals surface area contributed by atoms with Crippen molar-refractivity contribution < 1.29 is 14.6 Å². The third-order valence-electron chi connectivity index (χ3n) is 7.87. The van der Waals surface area contributed by atoms with Gasteiger partial charge in [-0.3, -0.25) is 4.79 Å².